The highest BCUT2D eigenvalue weighted by atomic mass is 32.2. The van der Waals surface area contributed by atoms with E-state index < -0.39 is 21.9 Å². The van der Waals surface area contributed by atoms with Crippen LogP contribution in [0.3, 0.4) is 0 Å². The van der Waals surface area contributed by atoms with E-state index >= 15 is 0 Å². The van der Waals surface area contributed by atoms with Gasteiger partial charge in [0.05, 0.1) is 12.0 Å². The molecule has 0 saturated heterocycles. The fourth-order valence-electron chi connectivity index (χ4n) is 1.99. The fraction of sp³-hybridized carbons (Fsp3) is 0.125. The van der Waals surface area contributed by atoms with Crippen molar-refractivity contribution in [2.24, 2.45) is 5.14 Å². The molecule has 2 rings (SSSR count). The number of hydrogen-bond donors (Lipinski definition) is 2. The molecule has 0 bridgehead atoms. The minimum absolute atomic E-state index is 0.112. The van der Waals surface area contributed by atoms with E-state index in [1.165, 1.54) is 49.6 Å². The maximum Gasteiger partial charge on any atom is 0.341 e. The molecule has 0 spiro atoms. The van der Waals surface area contributed by atoms with Gasteiger partial charge in [-0.25, -0.2) is 18.4 Å². The van der Waals surface area contributed by atoms with E-state index in [9.17, 15) is 18.0 Å². The molecule has 1 aromatic carbocycles. The summed E-state index contributed by atoms with van der Waals surface area (Å²) in [6, 6.07) is 6.99. The third-order valence-electron chi connectivity index (χ3n) is 3.17. The van der Waals surface area contributed by atoms with Gasteiger partial charge in [0.1, 0.15) is 17.1 Å². The third kappa shape index (κ3) is 4.78. The van der Waals surface area contributed by atoms with Crippen LogP contribution in [0.15, 0.2) is 45.7 Å². The Bertz CT molecular complexity index is 943. The van der Waals surface area contributed by atoms with E-state index in [1.54, 1.807) is 6.92 Å². The summed E-state index contributed by atoms with van der Waals surface area (Å²) >= 11 is 0. The van der Waals surface area contributed by atoms with E-state index in [-0.39, 0.29) is 16.1 Å². The summed E-state index contributed by atoms with van der Waals surface area (Å²) in [7, 11) is -2.60. The predicted molar refractivity (Wildman–Crippen MR) is 90.3 cm³/mol. The first-order valence-corrected chi connectivity index (χ1v) is 8.56. The summed E-state index contributed by atoms with van der Waals surface area (Å²) in [6.45, 7) is 1.60. The Morgan fingerprint density at radius 3 is 2.64 bits per heavy atom. The van der Waals surface area contributed by atoms with Crippen molar-refractivity contribution in [3.8, 4) is 0 Å². The molecule has 1 aromatic heterocycles. The summed E-state index contributed by atoms with van der Waals surface area (Å²) < 4.78 is 32.5. The van der Waals surface area contributed by atoms with Crippen molar-refractivity contribution < 1.29 is 27.2 Å². The van der Waals surface area contributed by atoms with Crippen molar-refractivity contribution in [2.75, 3.05) is 12.4 Å². The van der Waals surface area contributed by atoms with E-state index in [0.717, 1.165) is 0 Å². The summed E-state index contributed by atoms with van der Waals surface area (Å²) in [4.78, 5) is 23.3. The van der Waals surface area contributed by atoms with Crippen LogP contribution >= 0.6 is 0 Å². The molecule has 0 atom stereocenters. The number of ether oxygens (including phenoxy) is 1. The van der Waals surface area contributed by atoms with Gasteiger partial charge in [-0.3, -0.25) is 4.79 Å². The lowest BCUT2D eigenvalue weighted by Crippen LogP contribution is -2.13. The molecular weight excluding hydrogens is 348 g/mol. The number of amides is 1. The largest absolute Gasteiger partial charge is 0.465 e. The van der Waals surface area contributed by atoms with E-state index in [0.29, 0.717) is 11.5 Å². The Labute approximate surface area is 144 Å². The van der Waals surface area contributed by atoms with Crippen LogP contribution in [0.4, 0.5) is 5.69 Å². The van der Waals surface area contributed by atoms with Gasteiger partial charge < -0.3 is 14.5 Å². The predicted octanol–water partition coefficient (Wildman–Crippen LogP) is 1.67. The Balaban J connectivity index is 2.10. The highest BCUT2D eigenvalue weighted by Gasteiger charge is 2.14. The van der Waals surface area contributed by atoms with Crippen molar-refractivity contribution in [1.29, 1.82) is 0 Å². The molecule has 0 aliphatic rings. The molecule has 25 heavy (non-hydrogen) atoms. The van der Waals surface area contributed by atoms with E-state index in [1.807, 2.05) is 0 Å². The highest BCUT2D eigenvalue weighted by molar-refractivity contribution is 7.89. The number of hydrogen-bond acceptors (Lipinski definition) is 6. The van der Waals surface area contributed by atoms with Crippen LogP contribution in [0.2, 0.25) is 0 Å². The number of esters is 1. The van der Waals surface area contributed by atoms with Crippen LogP contribution < -0.4 is 10.5 Å². The summed E-state index contributed by atoms with van der Waals surface area (Å²) in [5.41, 5.74) is 0.537. The second-order valence-corrected chi connectivity index (χ2v) is 6.57. The first kappa shape index (κ1) is 18.4. The Morgan fingerprint density at radius 2 is 2.00 bits per heavy atom. The summed E-state index contributed by atoms with van der Waals surface area (Å²) in [6.07, 6.45) is 2.56. The van der Waals surface area contributed by atoms with Gasteiger partial charge in [-0.2, -0.15) is 0 Å². The average Bonchev–Trinajstić information content (AvgIpc) is 2.92. The van der Waals surface area contributed by atoms with Crippen LogP contribution in [0, 0.1) is 6.92 Å². The number of rotatable bonds is 5. The SMILES string of the molecule is COC(=O)c1cc(C=CC(=O)Nc2cccc(S(N)(=O)=O)c2)oc1C. The monoisotopic (exact) mass is 364 g/mol. The lowest BCUT2D eigenvalue weighted by molar-refractivity contribution is -0.111. The first-order valence-electron chi connectivity index (χ1n) is 7.01. The molecule has 3 N–H and O–H groups in total. The van der Waals surface area contributed by atoms with Gasteiger partial charge in [0.15, 0.2) is 0 Å². The van der Waals surface area contributed by atoms with E-state index in [4.69, 9.17) is 9.56 Å². The molecule has 1 heterocycles. The van der Waals surface area contributed by atoms with Gasteiger partial charge in [0, 0.05) is 11.8 Å². The number of sulfonamides is 1. The minimum atomic E-state index is -3.86. The van der Waals surface area contributed by atoms with Gasteiger partial charge in [-0.1, -0.05) is 6.07 Å². The molecule has 8 nitrogen and oxygen atoms in total. The van der Waals surface area contributed by atoms with Gasteiger partial charge in [-0.15, -0.1) is 0 Å². The third-order valence-corrected chi connectivity index (χ3v) is 4.08. The van der Waals surface area contributed by atoms with Crippen LogP contribution in [0.5, 0.6) is 0 Å². The van der Waals surface area contributed by atoms with Gasteiger partial charge in [0.25, 0.3) is 0 Å². The second-order valence-electron chi connectivity index (χ2n) is 5.01. The molecule has 0 unspecified atom stereocenters. The number of benzene rings is 1. The smallest absolute Gasteiger partial charge is 0.341 e. The Hall–Kier alpha value is -2.91. The number of nitrogens with two attached hydrogens (primary N) is 1. The number of anilines is 1. The topological polar surface area (TPSA) is 129 Å². The van der Waals surface area contributed by atoms with Gasteiger partial charge in [-0.05, 0) is 37.3 Å². The minimum Gasteiger partial charge on any atom is -0.465 e. The molecule has 1 amide bonds. The molecule has 2 aromatic rings. The quantitative estimate of drug-likeness (QED) is 0.613. The zero-order chi connectivity index (χ0) is 18.6. The van der Waals surface area contributed by atoms with Crippen molar-refractivity contribution in [1.82, 2.24) is 0 Å². The lowest BCUT2D eigenvalue weighted by Gasteiger charge is -2.04. The zero-order valence-corrected chi connectivity index (χ0v) is 14.3. The number of methoxy groups -OCH3 is 1. The van der Waals surface area contributed by atoms with Crippen molar-refractivity contribution >= 4 is 33.7 Å². The summed E-state index contributed by atoms with van der Waals surface area (Å²) in [5, 5.41) is 7.54. The zero-order valence-electron chi connectivity index (χ0n) is 13.5. The number of furan rings is 1. The number of nitrogens with one attached hydrogen (secondary N) is 1. The molecule has 0 radical (unpaired) electrons. The van der Waals surface area contributed by atoms with Crippen molar-refractivity contribution in [3.63, 3.8) is 0 Å². The molecular formula is C16H16N2O6S. The average molecular weight is 364 g/mol. The molecule has 0 saturated carbocycles. The van der Waals surface area contributed by atoms with Crippen LogP contribution in [-0.2, 0) is 19.6 Å². The molecule has 0 fully saturated rings. The molecule has 9 heteroatoms. The number of carbonyl (C=O) groups is 2. The second kappa shape index (κ2) is 7.32. The van der Waals surface area contributed by atoms with Crippen molar-refractivity contribution in [3.05, 3.63) is 53.5 Å². The number of aryl methyl sites for hydroxylation is 1. The lowest BCUT2D eigenvalue weighted by atomic mass is 10.2. The maximum absolute atomic E-state index is 11.9. The Kier molecular flexibility index (Phi) is 5.40. The van der Waals surface area contributed by atoms with Gasteiger partial charge in [0.2, 0.25) is 15.9 Å². The fourth-order valence-corrected chi connectivity index (χ4v) is 2.55. The normalized spacial score (nSPS) is 11.5. The first-order chi connectivity index (χ1) is 11.7. The van der Waals surface area contributed by atoms with Crippen LogP contribution in [0.25, 0.3) is 6.08 Å². The van der Waals surface area contributed by atoms with Crippen LogP contribution in [-0.4, -0.2) is 27.4 Å². The highest BCUT2D eigenvalue weighted by Crippen LogP contribution is 2.17. The number of primary sulfonamides is 1. The maximum atomic E-state index is 11.9. The van der Waals surface area contributed by atoms with Crippen molar-refractivity contribution in [2.45, 2.75) is 11.8 Å². The summed E-state index contributed by atoms with van der Waals surface area (Å²) in [5.74, 6) is -0.385. The van der Waals surface area contributed by atoms with E-state index in [2.05, 4.69) is 10.1 Å². The molecule has 0 aliphatic carbocycles. The van der Waals surface area contributed by atoms with Gasteiger partial charge >= 0.3 is 5.97 Å². The molecule has 132 valence electrons. The van der Waals surface area contributed by atoms with Crippen LogP contribution in [0.1, 0.15) is 21.9 Å². The molecule has 0 aliphatic heterocycles. The Morgan fingerprint density at radius 1 is 1.28 bits per heavy atom. The number of carbonyl (C=O) groups excluding carboxylic acids is 2. The standard InChI is InChI=1S/C16H16N2O6S/c1-10-14(16(20)23-2)9-12(24-10)6-7-15(19)18-11-4-3-5-13(8-11)25(17,21)22/h3-9H,1-2H3,(H,18,19)(H2,17,21,22).